The molecule has 1 heterocycles. The molecule has 1 aliphatic rings. The van der Waals surface area contributed by atoms with Crippen molar-refractivity contribution in [1.29, 1.82) is 0 Å². The SMILES string of the molecule is C[N+](C)(C)CCN1C(=O)c2cccc3cc(NC(=O)NC(=O)C(Cl)(Cl)Cl)cc(c23)C1=O.[Cl-]. The predicted molar refractivity (Wildman–Crippen MR) is 120 cm³/mol. The summed E-state index contributed by atoms with van der Waals surface area (Å²) in [6.07, 6.45) is 0. The number of nitrogens with zero attached hydrogens (tertiary/aromatic N) is 2. The summed E-state index contributed by atoms with van der Waals surface area (Å²) in [6.45, 7) is 0.815. The molecule has 5 amide bonds. The number of benzene rings is 2. The lowest BCUT2D eigenvalue weighted by molar-refractivity contribution is -0.869. The summed E-state index contributed by atoms with van der Waals surface area (Å²) in [5.41, 5.74) is 0.927. The van der Waals surface area contributed by atoms with E-state index < -0.39 is 21.6 Å². The number of likely N-dealkylation sites (N-methyl/N-ethyl adjacent to an activating group) is 1. The van der Waals surface area contributed by atoms with Crippen LogP contribution < -0.4 is 23.0 Å². The van der Waals surface area contributed by atoms with Crippen LogP contribution in [-0.2, 0) is 4.79 Å². The van der Waals surface area contributed by atoms with Gasteiger partial charge in [0.25, 0.3) is 21.5 Å². The molecule has 3 rings (SSSR count). The topological polar surface area (TPSA) is 95.6 Å². The number of nitrogens with one attached hydrogen (secondary N) is 2. The highest BCUT2D eigenvalue weighted by molar-refractivity contribution is 6.76. The van der Waals surface area contributed by atoms with Gasteiger partial charge in [0, 0.05) is 16.6 Å². The second-order valence-corrected chi connectivity index (χ2v) is 10.4. The predicted octanol–water partition coefficient (Wildman–Crippen LogP) is 0.164. The van der Waals surface area contributed by atoms with E-state index in [-0.39, 0.29) is 36.1 Å². The van der Waals surface area contributed by atoms with Gasteiger partial charge in [-0.1, -0.05) is 46.9 Å². The Morgan fingerprint density at radius 2 is 1.66 bits per heavy atom. The monoisotopic (exact) mass is 520 g/mol. The van der Waals surface area contributed by atoms with Crippen molar-refractivity contribution in [3.05, 3.63) is 41.5 Å². The van der Waals surface area contributed by atoms with Crippen LogP contribution in [0.25, 0.3) is 10.8 Å². The van der Waals surface area contributed by atoms with E-state index in [1.165, 1.54) is 11.0 Å². The molecule has 0 aliphatic carbocycles. The molecule has 0 bridgehead atoms. The molecule has 2 aromatic rings. The lowest BCUT2D eigenvalue weighted by Gasteiger charge is -2.31. The Bertz CT molecular complexity index is 1110. The van der Waals surface area contributed by atoms with Crippen molar-refractivity contribution in [2.75, 3.05) is 39.5 Å². The molecule has 32 heavy (non-hydrogen) atoms. The number of anilines is 1. The van der Waals surface area contributed by atoms with Crippen LogP contribution >= 0.6 is 34.8 Å². The number of carbonyl (C=O) groups is 4. The van der Waals surface area contributed by atoms with E-state index >= 15 is 0 Å². The second-order valence-electron chi connectivity index (χ2n) is 8.11. The van der Waals surface area contributed by atoms with E-state index in [9.17, 15) is 19.2 Å². The average molecular weight is 522 g/mol. The molecule has 0 saturated heterocycles. The van der Waals surface area contributed by atoms with E-state index in [4.69, 9.17) is 34.8 Å². The molecular formula is C20H20Cl4N4O4. The van der Waals surface area contributed by atoms with Gasteiger partial charge >= 0.3 is 6.03 Å². The maximum Gasteiger partial charge on any atom is 0.326 e. The van der Waals surface area contributed by atoms with Crippen molar-refractivity contribution in [3.8, 4) is 0 Å². The zero-order valence-corrected chi connectivity index (χ0v) is 20.4. The van der Waals surface area contributed by atoms with Gasteiger partial charge < -0.3 is 22.2 Å². The molecule has 1 aliphatic heterocycles. The van der Waals surface area contributed by atoms with Crippen LogP contribution in [0.4, 0.5) is 10.5 Å². The Morgan fingerprint density at radius 1 is 1.03 bits per heavy atom. The molecule has 0 spiro atoms. The van der Waals surface area contributed by atoms with Gasteiger partial charge in [0.15, 0.2) is 0 Å². The van der Waals surface area contributed by atoms with Gasteiger partial charge in [-0.3, -0.25) is 24.6 Å². The fourth-order valence-corrected chi connectivity index (χ4v) is 3.31. The van der Waals surface area contributed by atoms with Gasteiger partial charge in [-0.25, -0.2) is 4.79 Å². The van der Waals surface area contributed by atoms with Crippen LogP contribution in [-0.4, -0.2) is 71.2 Å². The Balaban J connectivity index is 0.00000363. The summed E-state index contributed by atoms with van der Waals surface area (Å²) in [5, 5.41) is 5.46. The fraction of sp³-hybridized carbons (Fsp3) is 0.300. The quantitative estimate of drug-likeness (QED) is 0.340. The van der Waals surface area contributed by atoms with Crippen molar-refractivity contribution < 1.29 is 36.1 Å². The van der Waals surface area contributed by atoms with E-state index in [2.05, 4.69) is 5.32 Å². The minimum absolute atomic E-state index is 0. The maximum absolute atomic E-state index is 13.1. The number of hydrogen-bond acceptors (Lipinski definition) is 4. The standard InChI is InChI=1S/C20H19Cl3N4O4.ClH/c1-27(2,3)8-7-26-16(28)13-6-4-5-11-9-12(10-14(15(11)13)17(26)29)24-19(31)25-18(30)20(21,22)23;/h4-6,9-10H,7-8H2,1-3H3,(H-,24,25,30,31);1H. The first-order valence-electron chi connectivity index (χ1n) is 9.20. The summed E-state index contributed by atoms with van der Waals surface area (Å²) in [4.78, 5) is 51.1. The Morgan fingerprint density at radius 3 is 2.25 bits per heavy atom. The molecule has 0 unspecified atom stereocenters. The Hall–Kier alpha value is -2.10. The molecule has 0 radical (unpaired) electrons. The summed E-state index contributed by atoms with van der Waals surface area (Å²) in [6, 6.07) is 7.20. The molecular weight excluding hydrogens is 502 g/mol. The lowest BCUT2D eigenvalue weighted by atomic mass is 9.93. The first kappa shape index (κ1) is 26.2. The minimum atomic E-state index is -2.30. The highest BCUT2D eigenvalue weighted by Gasteiger charge is 2.35. The summed E-state index contributed by atoms with van der Waals surface area (Å²) < 4.78 is -1.73. The normalized spacial score (nSPS) is 13.6. The summed E-state index contributed by atoms with van der Waals surface area (Å²) in [5.74, 6) is -1.93. The van der Waals surface area contributed by atoms with Gasteiger partial charge in [-0.2, -0.15) is 0 Å². The van der Waals surface area contributed by atoms with Crippen LogP contribution in [0.2, 0.25) is 0 Å². The number of rotatable bonds is 4. The van der Waals surface area contributed by atoms with Gasteiger partial charge in [-0.15, -0.1) is 0 Å². The number of urea groups is 1. The van der Waals surface area contributed by atoms with Crippen molar-refractivity contribution in [2.24, 2.45) is 0 Å². The summed E-state index contributed by atoms with van der Waals surface area (Å²) in [7, 11) is 5.89. The van der Waals surface area contributed by atoms with Crippen molar-refractivity contribution in [2.45, 2.75) is 3.79 Å². The molecule has 0 aromatic heterocycles. The highest BCUT2D eigenvalue weighted by Crippen LogP contribution is 2.33. The third-order valence-corrected chi connectivity index (χ3v) is 5.18. The number of alkyl halides is 3. The van der Waals surface area contributed by atoms with Crippen molar-refractivity contribution >= 4 is 75.0 Å². The lowest BCUT2D eigenvalue weighted by Crippen LogP contribution is -3.00. The van der Waals surface area contributed by atoms with E-state index in [0.717, 1.165) is 0 Å². The number of hydrogen-bond donors (Lipinski definition) is 2. The number of carbonyl (C=O) groups excluding carboxylic acids is 4. The van der Waals surface area contributed by atoms with Crippen molar-refractivity contribution in [3.63, 3.8) is 0 Å². The van der Waals surface area contributed by atoms with E-state index in [1.807, 2.05) is 26.5 Å². The zero-order chi connectivity index (χ0) is 23.1. The largest absolute Gasteiger partial charge is 1.00 e. The summed E-state index contributed by atoms with van der Waals surface area (Å²) >= 11 is 16.3. The maximum atomic E-state index is 13.1. The van der Waals surface area contributed by atoms with Crippen LogP contribution in [0.1, 0.15) is 20.7 Å². The molecule has 172 valence electrons. The smallest absolute Gasteiger partial charge is 0.326 e. The van der Waals surface area contributed by atoms with Gasteiger partial charge in [0.2, 0.25) is 0 Å². The minimum Gasteiger partial charge on any atom is -1.00 e. The fourth-order valence-electron chi connectivity index (χ4n) is 3.17. The average Bonchev–Trinajstić information content (AvgIpc) is 2.63. The van der Waals surface area contributed by atoms with Crippen LogP contribution in [0, 0.1) is 0 Å². The Labute approximate surface area is 205 Å². The molecule has 12 heteroatoms. The highest BCUT2D eigenvalue weighted by atomic mass is 35.6. The molecule has 0 atom stereocenters. The third-order valence-electron chi connectivity index (χ3n) is 4.66. The molecule has 2 N–H and O–H groups in total. The third kappa shape index (κ3) is 5.63. The molecule has 0 saturated carbocycles. The van der Waals surface area contributed by atoms with Gasteiger partial charge in [0.1, 0.15) is 0 Å². The first-order valence-corrected chi connectivity index (χ1v) is 10.3. The zero-order valence-electron chi connectivity index (χ0n) is 17.3. The number of imide groups is 2. The van der Waals surface area contributed by atoms with Crippen molar-refractivity contribution in [1.82, 2.24) is 10.2 Å². The van der Waals surface area contributed by atoms with E-state index in [0.29, 0.717) is 27.4 Å². The molecule has 8 nitrogen and oxygen atoms in total. The van der Waals surface area contributed by atoms with Crippen LogP contribution in [0.3, 0.4) is 0 Å². The number of quaternary nitrogens is 1. The number of halogens is 4. The number of amides is 5. The van der Waals surface area contributed by atoms with Crippen LogP contribution in [0.5, 0.6) is 0 Å². The van der Waals surface area contributed by atoms with Gasteiger partial charge in [0.05, 0.1) is 39.8 Å². The molecule has 2 aromatic carbocycles. The van der Waals surface area contributed by atoms with E-state index in [1.54, 1.807) is 24.3 Å². The van der Waals surface area contributed by atoms with Gasteiger partial charge in [-0.05, 0) is 23.6 Å². The van der Waals surface area contributed by atoms with Crippen LogP contribution in [0.15, 0.2) is 30.3 Å². The molecule has 0 fully saturated rings. The Kier molecular flexibility index (Phi) is 7.69. The first-order chi connectivity index (χ1) is 14.3. The second kappa shape index (κ2) is 9.41.